The molecule has 1 nitrogen and oxygen atoms in total. The fourth-order valence-electron chi connectivity index (χ4n) is 7.63. The Kier molecular flexibility index (Phi) is 3.45. The average Bonchev–Trinajstić information content (AvgIpc) is 2.83. The summed E-state index contributed by atoms with van der Waals surface area (Å²) in [6, 6.07) is 0. The minimum atomic E-state index is 0.494. The van der Waals surface area contributed by atoms with Crippen LogP contribution in [0.5, 0.6) is 0 Å². The van der Waals surface area contributed by atoms with Gasteiger partial charge in [-0.3, -0.25) is 0 Å². The lowest BCUT2D eigenvalue weighted by Crippen LogP contribution is -2.53. The topological polar surface area (TPSA) is 9.23 Å². The van der Waals surface area contributed by atoms with E-state index in [1.165, 1.54) is 64.2 Å². The quantitative estimate of drug-likeness (QED) is 0.625. The first kappa shape index (κ1) is 14.5. The molecule has 0 bridgehead atoms. The molecular weight excluding hydrogens is 256 g/mol. The van der Waals surface area contributed by atoms with E-state index in [0.29, 0.717) is 16.9 Å². The summed E-state index contributed by atoms with van der Waals surface area (Å²) in [6.07, 6.45) is 15.3. The number of hydrogen-bond acceptors (Lipinski definition) is 1. The predicted molar refractivity (Wildman–Crippen MR) is 87.1 cm³/mol. The molecule has 1 heteroatoms. The van der Waals surface area contributed by atoms with Crippen LogP contribution in [-0.2, 0) is 4.74 Å². The van der Waals surface area contributed by atoms with Crippen LogP contribution in [0.3, 0.4) is 0 Å². The lowest BCUT2D eigenvalue weighted by atomic mass is 9.45. The monoisotopic (exact) mass is 290 g/mol. The summed E-state index contributed by atoms with van der Waals surface area (Å²) in [7, 11) is 1.95. The molecule has 0 aliphatic heterocycles. The number of ether oxygens (including phenoxy) is 1. The van der Waals surface area contributed by atoms with Crippen LogP contribution in [0.1, 0.15) is 78.1 Å². The van der Waals surface area contributed by atoms with Gasteiger partial charge in [0.2, 0.25) is 0 Å². The molecule has 0 N–H and O–H groups in total. The smallest absolute Gasteiger partial charge is 0.0627 e. The van der Waals surface area contributed by atoms with Crippen LogP contribution in [0.15, 0.2) is 0 Å². The molecule has 4 rings (SSSR count). The van der Waals surface area contributed by atoms with Crippen LogP contribution in [0, 0.1) is 34.5 Å². The fourth-order valence-corrected chi connectivity index (χ4v) is 7.63. The Morgan fingerprint density at radius 3 is 2.38 bits per heavy atom. The molecular formula is C20H34O. The van der Waals surface area contributed by atoms with Gasteiger partial charge in [-0.05, 0) is 85.9 Å². The van der Waals surface area contributed by atoms with E-state index in [1.807, 2.05) is 7.11 Å². The van der Waals surface area contributed by atoms with E-state index in [1.54, 1.807) is 0 Å². The average molecular weight is 290 g/mol. The Hall–Kier alpha value is -0.0400. The zero-order valence-electron chi connectivity index (χ0n) is 14.4. The van der Waals surface area contributed by atoms with Crippen molar-refractivity contribution in [3.8, 4) is 0 Å². The molecule has 120 valence electrons. The van der Waals surface area contributed by atoms with E-state index in [0.717, 1.165) is 23.7 Å². The molecule has 7 atom stereocenters. The minimum Gasteiger partial charge on any atom is -0.381 e. The Morgan fingerprint density at radius 2 is 1.57 bits per heavy atom. The van der Waals surface area contributed by atoms with Crippen LogP contribution in [-0.4, -0.2) is 13.2 Å². The van der Waals surface area contributed by atoms with E-state index in [2.05, 4.69) is 13.8 Å². The summed E-state index contributed by atoms with van der Waals surface area (Å²) >= 11 is 0. The van der Waals surface area contributed by atoms with Crippen molar-refractivity contribution >= 4 is 0 Å². The molecule has 0 aromatic carbocycles. The third kappa shape index (κ3) is 1.92. The zero-order valence-corrected chi connectivity index (χ0v) is 14.4. The maximum atomic E-state index is 5.90. The van der Waals surface area contributed by atoms with Crippen LogP contribution in [0.2, 0.25) is 0 Å². The lowest BCUT2D eigenvalue weighted by Gasteiger charge is -2.60. The molecule has 0 saturated heterocycles. The zero-order chi connectivity index (χ0) is 14.7. The number of fused-ring (bicyclic) bond motifs is 5. The van der Waals surface area contributed by atoms with Crippen molar-refractivity contribution in [1.82, 2.24) is 0 Å². The van der Waals surface area contributed by atoms with E-state index in [-0.39, 0.29) is 0 Å². The van der Waals surface area contributed by atoms with Gasteiger partial charge in [-0.25, -0.2) is 0 Å². The highest BCUT2D eigenvalue weighted by Gasteiger charge is 2.59. The lowest BCUT2D eigenvalue weighted by molar-refractivity contribution is -0.125. The van der Waals surface area contributed by atoms with Crippen molar-refractivity contribution in [1.29, 1.82) is 0 Å². The first-order valence-electron chi connectivity index (χ1n) is 9.62. The van der Waals surface area contributed by atoms with E-state index in [9.17, 15) is 0 Å². The summed E-state index contributed by atoms with van der Waals surface area (Å²) < 4.78 is 5.90. The van der Waals surface area contributed by atoms with Crippen molar-refractivity contribution in [3.05, 3.63) is 0 Å². The van der Waals surface area contributed by atoms with Gasteiger partial charge in [-0.2, -0.15) is 0 Å². The van der Waals surface area contributed by atoms with Crippen molar-refractivity contribution in [3.63, 3.8) is 0 Å². The summed E-state index contributed by atoms with van der Waals surface area (Å²) in [5, 5.41) is 0. The van der Waals surface area contributed by atoms with Crippen LogP contribution >= 0.6 is 0 Å². The van der Waals surface area contributed by atoms with E-state index < -0.39 is 0 Å². The second kappa shape index (κ2) is 4.98. The van der Waals surface area contributed by atoms with Gasteiger partial charge in [0.05, 0.1) is 6.10 Å². The molecule has 0 aromatic heterocycles. The minimum absolute atomic E-state index is 0.494. The van der Waals surface area contributed by atoms with Crippen molar-refractivity contribution in [2.75, 3.05) is 7.11 Å². The highest BCUT2D eigenvalue weighted by molar-refractivity contribution is 5.09. The van der Waals surface area contributed by atoms with Gasteiger partial charge in [0.25, 0.3) is 0 Å². The van der Waals surface area contributed by atoms with Gasteiger partial charge in [-0.15, -0.1) is 0 Å². The second-order valence-corrected chi connectivity index (χ2v) is 9.25. The fraction of sp³-hybridized carbons (Fsp3) is 1.00. The maximum Gasteiger partial charge on any atom is 0.0627 e. The predicted octanol–water partition coefficient (Wildman–Crippen LogP) is 5.43. The van der Waals surface area contributed by atoms with Crippen molar-refractivity contribution in [2.45, 2.75) is 84.2 Å². The maximum absolute atomic E-state index is 5.90. The molecule has 0 amide bonds. The molecule has 21 heavy (non-hydrogen) atoms. The van der Waals surface area contributed by atoms with Crippen LogP contribution in [0.25, 0.3) is 0 Å². The Balaban J connectivity index is 1.62. The normalized spacial score (nSPS) is 56.4. The largest absolute Gasteiger partial charge is 0.381 e. The van der Waals surface area contributed by atoms with E-state index >= 15 is 0 Å². The summed E-state index contributed by atoms with van der Waals surface area (Å²) in [4.78, 5) is 0. The van der Waals surface area contributed by atoms with E-state index in [4.69, 9.17) is 4.74 Å². The highest BCUT2D eigenvalue weighted by Crippen LogP contribution is 2.66. The van der Waals surface area contributed by atoms with Crippen molar-refractivity contribution in [2.24, 2.45) is 34.5 Å². The standard InChI is InChI=1S/C20H34O/c1-19-12-5-4-6-14(19)7-8-15-16-9-10-18(21-3)20(16,2)13-11-17(15)19/h14-18H,4-13H2,1-3H3. The Labute approximate surface area is 131 Å². The van der Waals surface area contributed by atoms with Gasteiger partial charge >= 0.3 is 0 Å². The second-order valence-electron chi connectivity index (χ2n) is 9.25. The Bertz CT molecular complexity index is 405. The third-order valence-corrected chi connectivity index (χ3v) is 8.78. The highest BCUT2D eigenvalue weighted by atomic mass is 16.5. The number of rotatable bonds is 1. The first-order chi connectivity index (χ1) is 10.1. The van der Waals surface area contributed by atoms with Gasteiger partial charge in [0, 0.05) is 7.11 Å². The van der Waals surface area contributed by atoms with Crippen LogP contribution in [0.4, 0.5) is 0 Å². The molecule has 0 radical (unpaired) electrons. The molecule has 0 spiro atoms. The molecule has 4 aliphatic rings. The summed E-state index contributed by atoms with van der Waals surface area (Å²) in [5.74, 6) is 4.06. The van der Waals surface area contributed by atoms with Gasteiger partial charge < -0.3 is 4.74 Å². The number of hydrogen-bond donors (Lipinski definition) is 0. The molecule has 4 fully saturated rings. The van der Waals surface area contributed by atoms with Gasteiger partial charge in [0.1, 0.15) is 0 Å². The molecule has 0 heterocycles. The van der Waals surface area contributed by atoms with Crippen LogP contribution < -0.4 is 0 Å². The molecule has 7 unspecified atom stereocenters. The summed E-state index contributed by atoms with van der Waals surface area (Å²) in [6.45, 7) is 5.24. The molecule has 4 saturated carbocycles. The SMILES string of the molecule is COC1CCC2C3CCC4CCCCC4(C)C3CCC12C. The summed E-state index contributed by atoms with van der Waals surface area (Å²) in [5.41, 5.74) is 1.18. The first-order valence-corrected chi connectivity index (χ1v) is 9.62. The van der Waals surface area contributed by atoms with Gasteiger partial charge in [0.15, 0.2) is 0 Å². The van der Waals surface area contributed by atoms with Crippen molar-refractivity contribution < 1.29 is 4.74 Å². The Morgan fingerprint density at radius 1 is 0.762 bits per heavy atom. The van der Waals surface area contributed by atoms with Gasteiger partial charge in [-0.1, -0.05) is 26.7 Å². The third-order valence-electron chi connectivity index (χ3n) is 8.78. The molecule has 0 aromatic rings. The number of methoxy groups -OCH3 is 1. The molecule has 4 aliphatic carbocycles.